The Kier molecular flexibility index (Phi) is 9.89. The number of fused-ring (bicyclic) bond motifs is 4. The van der Waals surface area contributed by atoms with E-state index in [1.807, 2.05) is 0 Å². The van der Waals surface area contributed by atoms with E-state index in [1.54, 1.807) is 0 Å². The minimum absolute atomic E-state index is 0.000692. The molecule has 7 aromatic rings. The fourth-order valence-corrected chi connectivity index (χ4v) is 9.43. The van der Waals surface area contributed by atoms with Crippen molar-refractivity contribution in [3.05, 3.63) is 180 Å². The van der Waals surface area contributed by atoms with Crippen LogP contribution in [0.3, 0.4) is 0 Å². The highest BCUT2D eigenvalue weighted by Crippen LogP contribution is 2.49. The Balaban J connectivity index is 1.43. The van der Waals surface area contributed by atoms with Gasteiger partial charge in [0, 0.05) is 45.5 Å². The molecule has 0 saturated heterocycles. The summed E-state index contributed by atoms with van der Waals surface area (Å²) in [5, 5.41) is 0. The van der Waals surface area contributed by atoms with Gasteiger partial charge in [-0.15, -0.1) is 0 Å². The van der Waals surface area contributed by atoms with Crippen molar-refractivity contribution in [2.24, 2.45) is 0 Å². The summed E-state index contributed by atoms with van der Waals surface area (Å²) >= 11 is 0. The molecule has 0 saturated carbocycles. The lowest BCUT2D eigenvalue weighted by molar-refractivity contribution is 0.590. The number of benzene rings is 7. The Morgan fingerprint density at radius 3 is 1.02 bits per heavy atom. The largest absolute Gasteiger partial charge is 0.311 e. The third-order valence-corrected chi connectivity index (χ3v) is 13.1. The Bertz CT molecular complexity index is 2570. The smallest absolute Gasteiger partial charge is 0.252 e. The summed E-state index contributed by atoms with van der Waals surface area (Å²) in [6, 6.07) is 59.8. The molecule has 2 heterocycles. The predicted octanol–water partition coefficient (Wildman–Crippen LogP) is 14.4. The van der Waals surface area contributed by atoms with Gasteiger partial charge < -0.3 is 14.7 Å². The van der Waals surface area contributed by atoms with Gasteiger partial charge in [0.15, 0.2) is 0 Å². The molecule has 0 spiro atoms. The molecular formula is C58H62BN3. The van der Waals surface area contributed by atoms with E-state index < -0.39 is 0 Å². The van der Waals surface area contributed by atoms with E-state index in [4.69, 9.17) is 0 Å². The first-order valence-corrected chi connectivity index (χ1v) is 22.5. The van der Waals surface area contributed by atoms with Crippen LogP contribution >= 0.6 is 0 Å². The lowest BCUT2D eigenvalue weighted by Gasteiger charge is -2.45. The third-order valence-electron chi connectivity index (χ3n) is 13.1. The first kappa shape index (κ1) is 41.4. The molecule has 0 fully saturated rings. The van der Waals surface area contributed by atoms with Gasteiger partial charge in [0.05, 0.1) is 5.69 Å². The molecule has 0 N–H and O–H groups in total. The molecule has 312 valence electrons. The minimum atomic E-state index is -0.0291. The van der Waals surface area contributed by atoms with Gasteiger partial charge in [-0.3, -0.25) is 0 Å². The minimum Gasteiger partial charge on any atom is -0.311 e. The van der Waals surface area contributed by atoms with Crippen molar-refractivity contribution in [1.82, 2.24) is 0 Å². The van der Waals surface area contributed by atoms with Gasteiger partial charge >= 0.3 is 0 Å². The first-order valence-electron chi connectivity index (χ1n) is 22.5. The Labute approximate surface area is 372 Å². The number of hydrogen-bond acceptors (Lipinski definition) is 3. The molecule has 62 heavy (non-hydrogen) atoms. The second kappa shape index (κ2) is 14.8. The number of para-hydroxylation sites is 2. The Morgan fingerprint density at radius 1 is 0.339 bits per heavy atom. The van der Waals surface area contributed by atoms with Crippen LogP contribution < -0.4 is 31.1 Å². The van der Waals surface area contributed by atoms with E-state index in [0.717, 1.165) is 28.4 Å². The zero-order valence-electron chi connectivity index (χ0n) is 38.9. The van der Waals surface area contributed by atoms with Crippen LogP contribution in [0.15, 0.2) is 158 Å². The first-order chi connectivity index (χ1) is 29.3. The van der Waals surface area contributed by atoms with Crippen LogP contribution in [-0.2, 0) is 21.7 Å². The third kappa shape index (κ3) is 7.32. The average molecular weight is 812 g/mol. The van der Waals surface area contributed by atoms with Gasteiger partial charge in [0.2, 0.25) is 0 Å². The Hall–Kier alpha value is -6.00. The van der Waals surface area contributed by atoms with Crippen LogP contribution in [0.4, 0.5) is 51.2 Å². The summed E-state index contributed by atoms with van der Waals surface area (Å²) in [5.41, 5.74) is 19.8. The van der Waals surface area contributed by atoms with Gasteiger partial charge in [0.1, 0.15) is 0 Å². The SMILES string of the molecule is CC(C)(C)c1ccc(N2c3ccc(C(C)(C)C)cc3B3c4cc(C(C)(C)C)ccc4N(c4ccc(C(C)(C)C)cc4)c4cc(N(c5ccccc5)c5ccccc5)cc2c43)cc1. The quantitative estimate of drug-likeness (QED) is 0.160. The Morgan fingerprint density at radius 2 is 0.677 bits per heavy atom. The lowest BCUT2D eigenvalue weighted by atomic mass is 9.33. The number of nitrogens with zero attached hydrogens (tertiary/aromatic N) is 3. The van der Waals surface area contributed by atoms with Crippen molar-refractivity contribution >= 4 is 74.3 Å². The van der Waals surface area contributed by atoms with Crippen LogP contribution in [0, 0.1) is 0 Å². The topological polar surface area (TPSA) is 9.72 Å². The van der Waals surface area contributed by atoms with Crippen LogP contribution in [0.25, 0.3) is 0 Å². The molecule has 2 aliphatic heterocycles. The van der Waals surface area contributed by atoms with Crippen molar-refractivity contribution in [3.8, 4) is 0 Å². The van der Waals surface area contributed by atoms with E-state index in [2.05, 4.69) is 256 Å². The van der Waals surface area contributed by atoms with Crippen molar-refractivity contribution in [2.75, 3.05) is 14.7 Å². The van der Waals surface area contributed by atoms with Gasteiger partial charge in [0.25, 0.3) is 6.71 Å². The molecule has 0 bridgehead atoms. The lowest BCUT2D eigenvalue weighted by Crippen LogP contribution is -2.61. The molecule has 0 atom stereocenters. The van der Waals surface area contributed by atoms with Crippen molar-refractivity contribution in [2.45, 2.75) is 105 Å². The monoisotopic (exact) mass is 812 g/mol. The predicted molar refractivity (Wildman–Crippen MR) is 270 cm³/mol. The van der Waals surface area contributed by atoms with Crippen molar-refractivity contribution in [1.29, 1.82) is 0 Å². The second-order valence-electron chi connectivity index (χ2n) is 21.6. The normalized spacial score (nSPS) is 13.7. The zero-order chi connectivity index (χ0) is 43.9. The number of hydrogen-bond donors (Lipinski definition) is 0. The molecule has 4 heteroatoms. The van der Waals surface area contributed by atoms with Gasteiger partial charge in [-0.05, 0) is 133 Å². The van der Waals surface area contributed by atoms with Crippen molar-refractivity contribution in [3.63, 3.8) is 0 Å². The molecule has 0 radical (unpaired) electrons. The maximum Gasteiger partial charge on any atom is 0.252 e. The van der Waals surface area contributed by atoms with E-state index in [0.29, 0.717) is 0 Å². The highest BCUT2D eigenvalue weighted by molar-refractivity contribution is 7.00. The summed E-state index contributed by atoms with van der Waals surface area (Å²) < 4.78 is 0. The maximum atomic E-state index is 2.56. The van der Waals surface area contributed by atoms with Gasteiger partial charge in [-0.1, -0.05) is 168 Å². The molecule has 0 unspecified atom stereocenters. The van der Waals surface area contributed by atoms with Gasteiger partial charge in [-0.2, -0.15) is 0 Å². The highest BCUT2D eigenvalue weighted by atomic mass is 15.2. The van der Waals surface area contributed by atoms with Crippen LogP contribution in [0.5, 0.6) is 0 Å². The zero-order valence-corrected chi connectivity index (χ0v) is 38.9. The maximum absolute atomic E-state index is 2.56. The molecule has 2 aliphatic rings. The fourth-order valence-electron chi connectivity index (χ4n) is 9.43. The highest BCUT2D eigenvalue weighted by Gasteiger charge is 2.45. The summed E-state index contributed by atoms with van der Waals surface area (Å²) in [6.07, 6.45) is 0. The van der Waals surface area contributed by atoms with Gasteiger partial charge in [-0.25, -0.2) is 0 Å². The molecule has 0 aliphatic carbocycles. The molecule has 7 aromatic carbocycles. The average Bonchev–Trinajstić information content (AvgIpc) is 3.23. The molecular weight excluding hydrogens is 749 g/mol. The number of rotatable bonds is 5. The molecule has 9 rings (SSSR count). The van der Waals surface area contributed by atoms with Crippen molar-refractivity contribution < 1.29 is 0 Å². The molecule has 0 aromatic heterocycles. The fraction of sp³-hybridized carbons (Fsp3) is 0.276. The summed E-state index contributed by atoms with van der Waals surface area (Å²) in [4.78, 5) is 7.53. The summed E-state index contributed by atoms with van der Waals surface area (Å²) in [5.74, 6) is 0. The summed E-state index contributed by atoms with van der Waals surface area (Å²) in [6.45, 7) is 27.8. The molecule has 0 amide bonds. The van der Waals surface area contributed by atoms with Crippen LogP contribution in [-0.4, -0.2) is 6.71 Å². The number of anilines is 9. The van der Waals surface area contributed by atoms with E-state index >= 15 is 0 Å². The van der Waals surface area contributed by atoms with E-state index in [9.17, 15) is 0 Å². The second-order valence-corrected chi connectivity index (χ2v) is 21.6. The molecule has 3 nitrogen and oxygen atoms in total. The standard InChI is InChI=1S/C58H62BN3/c1-55(2,3)39-23-29-45(30-24-39)61-50-33-27-41(57(7,8)9)35-48(50)59-49-36-42(58(10,11)12)28-34-51(49)62(46-31-25-40(26-32-46)56(4,5)6)53-38-47(37-52(61)54(53)59)60(43-19-15-13-16-20-43)44-21-17-14-18-22-44/h13-38H,1-12H3. The van der Waals surface area contributed by atoms with Crippen LogP contribution in [0.2, 0.25) is 0 Å². The van der Waals surface area contributed by atoms with E-state index in [-0.39, 0.29) is 28.4 Å². The van der Waals surface area contributed by atoms with Crippen LogP contribution in [0.1, 0.15) is 105 Å². The summed E-state index contributed by atoms with van der Waals surface area (Å²) in [7, 11) is 0. The van der Waals surface area contributed by atoms with E-state index in [1.165, 1.54) is 61.4 Å².